The highest BCUT2D eigenvalue weighted by atomic mass is 35.5. The Morgan fingerprint density at radius 3 is 2.62 bits per heavy atom. The SMILES string of the molecule is Cc1ccc2c(CN3C(=O)NC(C)(c4ccc(F)cc4Cl)C3=O)cc(=O)oc2c1. The molecule has 3 amide bonds. The molecular formula is C21H16ClFN2O4. The van der Waals surface area contributed by atoms with Crippen LogP contribution in [0.4, 0.5) is 9.18 Å². The number of rotatable bonds is 3. The highest BCUT2D eigenvalue weighted by Crippen LogP contribution is 2.35. The highest BCUT2D eigenvalue weighted by molar-refractivity contribution is 6.32. The molecule has 1 atom stereocenters. The van der Waals surface area contributed by atoms with Crippen LogP contribution < -0.4 is 10.9 Å². The van der Waals surface area contributed by atoms with E-state index in [-0.39, 0.29) is 17.1 Å². The maximum Gasteiger partial charge on any atom is 0.336 e. The van der Waals surface area contributed by atoms with E-state index >= 15 is 0 Å². The summed E-state index contributed by atoms with van der Waals surface area (Å²) in [5.41, 5.74) is 0.0293. The molecule has 2 heterocycles. The molecule has 1 aliphatic heterocycles. The number of hydrogen-bond donors (Lipinski definition) is 1. The molecular weight excluding hydrogens is 399 g/mol. The number of carbonyl (C=O) groups excluding carboxylic acids is 2. The predicted octanol–water partition coefficient (Wildman–Crippen LogP) is 3.86. The van der Waals surface area contributed by atoms with Crippen LogP contribution in [0.1, 0.15) is 23.6 Å². The van der Waals surface area contributed by atoms with E-state index in [1.807, 2.05) is 13.0 Å². The number of nitrogens with one attached hydrogen (secondary N) is 1. The summed E-state index contributed by atoms with van der Waals surface area (Å²) in [5.74, 6) is -1.10. The van der Waals surface area contributed by atoms with Gasteiger partial charge in [-0.25, -0.2) is 14.0 Å². The Balaban J connectivity index is 1.74. The molecule has 0 spiro atoms. The second kappa shape index (κ2) is 6.70. The summed E-state index contributed by atoms with van der Waals surface area (Å²) >= 11 is 6.12. The molecule has 1 fully saturated rings. The van der Waals surface area contributed by atoms with Crippen molar-refractivity contribution in [2.24, 2.45) is 0 Å². The second-order valence-corrected chi connectivity index (χ2v) is 7.57. The molecule has 1 aromatic heterocycles. The molecule has 6 nitrogen and oxygen atoms in total. The van der Waals surface area contributed by atoms with Crippen molar-refractivity contribution < 1.29 is 18.4 Å². The average molecular weight is 415 g/mol. The van der Waals surface area contributed by atoms with Gasteiger partial charge in [-0.3, -0.25) is 9.69 Å². The first-order valence-corrected chi connectivity index (χ1v) is 9.20. The molecule has 0 saturated carbocycles. The molecule has 4 rings (SSSR count). The van der Waals surface area contributed by atoms with Gasteiger partial charge in [0.2, 0.25) is 0 Å². The van der Waals surface area contributed by atoms with Crippen molar-refractivity contribution in [1.82, 2.24) is 10.2 Å². The molecule has 8 heteroatoms. The Hall–Kier alpha value is -3.19. The quantitative estimate of drug-likeness (QED) is 0.521. The third-order valence-electron chi connectivity index (χ3n) is 5.06. The zero-order valence-corrected chi connectivity index (χ0v) is 16.3. The van der Waals surface area contributed by atoms with Crippen molar-refractivity contribution in [3.8, 4) is 0 Å². The Labute approximate surface area is 169 Å². The summed E-state index contributed by atoms with van der Waals surface area (Å²) in [7, 11) is 0. The number of benzene rings is 2. The zero-order valence-electron chi connectivity index (χ0n) is 15.6. The number of urea groups is 1. The van der Waals surface area contributed by atoms with Gasteiger partial charge in [-0.05, 0) is 43.2 Å². The van der Waals surface area contributed by atoms with Crippen molar-refractivity contribution in [3.05, 3.63) is 80.4 Å². The number of imide groups is 1. The monoisotopic (exact) mass is 414 g/mol. The van der Waals surface area contributed by atoms with E-state index in [0.717, 1.165) is 16.5 Å². The average Bonchev–Trinajstić information content (AvgIpc) is 2.84. The van der Waals surface area contributed by atoms with E-state index in [0.29, 0.717) is 16.5 Å². The van der Waals surface area contributed by atoms with Crippen LogP contribution in [0.25, 0.3) is 11.0 Å². The molecule has 1 unspecified atom stereocenters. The number of halogens is 2. The number of fused-ring (bicyclic) bond motifs is 1. The van der Waals surface area contributed by atoms with Gasteiger partial charge in [0.05, 0.1) is 6.54 Å². The molecule has 1 aliphatic rings. The first-order chi connectivity index (χ1) is 13.7. The highest BCUT2D eigenvalue weighted by Gasteiger charge is 2.50. The second-order valence-electron chi connectivity index (χ2n) is 7.16. The van der Waals surface area contributed by atoms with Crippen LogP contribution in [-0.2, 0) is 16.9 Å². The lowest BCUT2D eigenvalue weighted by atomic mass is 9.92. The van der Waals surface area contributed by atoms with Gasteiger partial charge in [0.25, 0.3) is 5.91 Å². The van der Waals surface area contributed by atoms with Crippen molar-refractivity contribution in [2.45, 2.75) is 25.9 Å². The van der Waals surface area contributed by atoms with Crippen LogP contribution in [0.5, 0.6) is 0 Å². The van der Waals surface area contributed by atoms with Gasteiger partial charge in [0.15, 0.2) is 0 Å². The summed E-state index contributed by atoms with van der Waals surface area (Å²) in [4.78, 5) is 38.7. The fourth-order valence-electron chi connectivity index (χ4n) is 3.56. The molecule has 0 aliphatic carbocycles. The van der Waals surface area contributed by atoms with Crippen molar-refractivity contribution in [2.75, 3.05) is 0 Å². The lowest BCUT2D eigenvalue weighted by molar-refractivity contribution is -0.131. The van der Waals surface area contributed by atoms with Gasteiger partial charge in [0, 0.05) is 22.0 Å². The van der Waals surface area contributed by atoms with Crippen molar-refractivity contribution in [1.29, 1.82) is 0 Å². The molecule has 0 bridgehead atoms. The maximum absolute atomic E-state index is 13.4. The summed E-state index contributed by atoms with van der Waals surface area (Å²) in [5, 5.41) is 3.29. The van der Waals surface area contributed by atoms with Crippen LogP contribution in [0.2, 0.25) is 5.02 Å². The van der Waals surface area contributed by atoms with E-state index in [1.54, 1.807) is 12.1 Å². The smallest absolute Gasteiger partial charge is 0.336 e. The Morgan fingerprint density at radius 2 is 1.90 bits per heavy atom. The molecule has 3 aromatic rings. The summed E-state index contributed by atoms with van der Waals surface area (Å²) < 4.78 is 18.6. The van der Waals surface area contributed by atoms with Crippen LogP contribution >= 0.6 is 11.6 Å². The normalized spacial score (nSPS) is 19.1. The minimum Gasteiger partial charge on any atom is -0.423 e. The first-order valence-electron chi connectivity index (χ1n) is 8.82. The van der Waals surface area contributed by atoms with Crippen LogP contribution in [0.3, 0.4) is 0 Å². The van der Waals surface area contributed by atoms with Crippen LogP contribution in [0.15, 0.2) is 51.7 Å². The fourth-order valence-corrected chi connectivity index (χ4v) is 3.91. The Bertz CT molecular complexity index is 1240. The first kappa shape index (κ1) is 19.1. The largest absolute Gasteiger partial charge is 0.423 e. The molecule has 29 heavy (non-hydrogen) atoms. The fraction of sp³-hybridized carbons (Fsp3) is 0.190. The molecule has 0 radical (unpaired) electrons. The number of aryl methyl sites for hydroxylation is 1. The zero-order chi connectivity index (χ0) is 20.9. The maximum atomic E-state index is 13.4. The van der Waals surface area contributed by atoms with Crippen LogP contribution in [-0.4, -0.2) is 16.8 Å². The summed E-state index contributed by atoms with van der Waals surface area (Å²) in [6.07, 6.45) is 0. The lowest BCUT2D eigenvalue weighted by Crippen LogP contribution is -2.41. The van der Waals surface area contributed by atoms with Gasteiger partial charge in [-0.2, -0.15) is 0 Å². The van der Waals surface area contributed by atoms with E-state index < -0.39 is 28.9 Å². The Morgan fingerprint density at radius 1 is 1.14 bits per heavy atom. The number of carbonyl (C=O) groups is 2. The van der Waals surface area contributed by atoms with Crippen LogP contribution in [0, 0.1) is 12.7 Å². The standard InChI is InChI=1S/C21H16ClFN2O4/c1-11-3-5-14-12(8-18(26)29-17(14)7-11)10-25-19(27)21(2,24-20(25)28)15-6-4-13(23)9-16(15)22/h3-9H,10H2,1-2H3,(H,24,28). The van der Waals surface area contributed by atoms with Crippen molar-refractivity contribution >= 4 is 34.5 Å². The topological polar surface area (TPSA) is 79.6 Å². The van der Waals surface area contributed by atoms with Gasteiger partial charge >= 0.3 is 11.7 Å². The third kappa shape index (κ3) is 3.17. The minimum atomic E-state index is -1.45. The lowest BCUT2D eigenvalue weighted by Gasteiger charge is -2.23. The van der Waals surface area contributed by atoms with Gasteiger partial charge < -0.3 is 9.73 Å². The van der Waals surface area contributed by atoms with Gasteiger partial charge in [-0.15, -0.1) is 0 Å². The molecule has 1 saturated heterocycles. The third-order valence-corrected chi connectivity index (χ3v) is 5.37. The van der Waals surface area contributed by atoms with E-state index in [1.165, 1.54) is 25.1 Å². The number of nitrogens with zero attached hydrogens (tertiary/aromatic N) is 1. The van der Waals surface area contributed by atoms with Gasteiger partial charge in [-0.1, -0.05) is 29.8 Å². The van der Waals surface area contributed by atoms with E-state index in [9.17, 15) is 18.8 Å². The predicted molar refractivity (Wildman–Crippen MR) is 105 cm³/mol. The summed E-state index contributed by atoms with van der Waals surface area (Å²) in [6, 6.07) is 9.60. The number of amides is 3. The van der Waals surface area contributed by atoms with Crippen molar-refractivity contribution in [3.63, 3.8) is 0 Å². The van der Waals surface area contributed by atoms with E-state index in [2.05, 4.69) is 5.32 Å². The molecule has 148 valence electrons. The van der Waals surface area contributed by atoms with E-state index in [4.69, 9.17) is 16.0 Å². The summed E-state index contributed by atoms with van der Waals surface area (Å²) in [6.45, 7) is 3.25. The minimum absolute atomic E-state index is 0.0317. The van der Waals surface area contributed by atoms with Gasteiger partial charge in [0.1, 0.15) is 16.9 Å². The molecule has 2 aromatic carbocycles. The number of hydrogen-bond acceptors (Lipinski definition) is 4. The Kier molecular flexibility index (Phi) is 4.42. The molecule has 1 N–H and O–H groups in total.